The van der Waals surface area contributed by atoms with Crippen LogP contribution >= 0.6 is 0 Å². The molecule has 1 unspecified atom stereocenters. The summed E-state index contributed by atoms with van der Waals surface area (Å²) in [7, 11) is 4.24. The summed E-state index contributed by atoms with van der Waals surface area (Å²) < 4.78 is 6.33. The number of carbonyl (C=O) groups excluding carboxylic acids is 1. The van der Waals surface area contributed by atoms with E-state index in [2.05, 4.69) is 14.1 Å². The number of nitrogens with zero attached hydrogens (tertiary/aromatic N) is 1. The van der Waals surface area contributed by atoms with Crippen molar-refractivity contribution in [2.24, 2.45) is 5.41 Å². The molecule has 0 amide bonds. The zero-order chi connectivity index (χ0) is 11.0. The van der Waals surface area contributed by atoms with Crippen molar-refractivity contribution < 1.29 is 14.0 Å². The molecule has 1 heterocycles. The molecule has 1 atom stereocenters. The first-order valence-corrected chi connectivity index (χ1v) is 5.27. The van der Waals surface area contributed by atoms with E-state index in [-0.39, 0.29) is 17.6 Å². The van der Waals surface area contributed by atoms with Gasteiger partial charge in [0.2, 0.25) is 6.23 Å². The summed E-state index contributed by atoms with van der Waals surface area (Å²) in [6, 6.07) is 0. The Morgan fingerprint density at radius 1 is 1.36 bits per heavy atom. The van der Waals surface area contributed by atoms with Crippen LogP contribution in [0.25, 0.3) is 0 Å². The van der Waals surface area contributed by atoms with Crippen molar-refractivity contribution >= 4 is 5.97 Å². The zero-order valence-electron chi connectivity index (χ0n) is 9.96. The van der Waals surface area contributed by atoms with Gasteiger partial charge in [-0.3, -0.25) is 9.28 Å². The molecule has 0 saturated carbocycles. The first-order chi connectivity index (χ1) is 6.23. The molecule has 0 aromatic carbocycles. The van der Waals surface area contributed by atoms with E-state index < -0.39 is 0 Å². The summed E-state index contributed by atoms with van der Waals surface area (Å²) in [5.74, 6) is -0.0874. The number of hydrogen-bond acceptors (Lipinski definition) is 2. The van der Waals surface area contributed by atoms with Gasteiger partial charge in [-0.15, -0.1) is 0 Å². The van der Waals surface area contributed by atoms with Crippen LogP contribution in [0.3, 0.4) is 0 Å². The number of hydrogen-bond donors (Lipinski definition) is 0. The molecule has 0 radical (unpaired) electrons. The Labute approximate surface area is 86.6 Å². The second-order valence-electron chi connectivity index (χ2n) is 5.75. The molecule has 1 rings (SSSR count). The standard InChI is InChI=1S/C11H22NO2/c1-11(2,3)10(13)14-9-7-6-8-12(9,4)5/h9H,6-8H2,1-5H3/q+1. The number of likely N-dealkylation sites (tertiary alicyclic amines) is 1. The fourth-order valence-electron chi connectivity index (χ4n) is 1.67. The molecule has 3 nitrogen and oxygen atoms in total. The van der Waals surface area contributed by atoms with E-state index in [1.807, 2.05) is 20.8 Å². The van der Waals surface area contributed by atoms with Crippen molar-refractivity contribution in [3.8, 4) is 0 Å². The SMILES string of the molecule is CC(C)(C)C(=O)OC1CCC[N+]1(C)C. The summed E-state index contributed by atoms with van der Waals surface area (Å²) >= 11 is 0. The molecule has 1 fully saturated rings. The molecule has 1 aliphatic heterocycles. The number of carbonyl (C=O) groups is 1. The van der Waals surface area contributed by atoms with Crippen molar-refractivity contribution in [3.63, 3.8) is 0 Å². The molecule has 3 heteroatoms. The van der Waals surface area contributed by atoms with Gasteiger partial charge in [0.1, 0.15) is 0 Å². The van der Waals surface area contributed by atoms with Gasteiger partial charge in [-0.25, -0.2) is 0 Å². The third-order valence-corrected chi connectivity index (χ3v) is 2.82. The third kappa shape index (κ3) is 2.47. The maximum atomic E-state index is 11.7. The average molecular weight is 200 g/mol. The molecule has 0 N–H and O–H groups in total. The predicted molar refractivity (Wildman–Crippen MR) is 55.5 cm³/mol. The van der Waals surface area contributed by atoms with Crippen molar-refractivity contribution in [3.05, 3.63) is 0 Å². The second kappa shape index (κ2) is 3.54. The van der Waals surface area contributed by atoms with Crippen LogP contribution in [-0.2, 0) is 9.53 Å². The van der Waals surface area contributed by atoms with Gasteiger partial charge in [-0.1, -0.05) is 0 Å². The van der Waals surface area contributed by atoms with Crippen LogP contribution in [0, 0.1) is 5.41 Å². The Morgan fingerprint density at radius 2 is 1.93 bits per heavy atom. The lowest BCUT2D eigenvalue weighted by atomic mass is 9.97. The largest absolute Gasteiger partial charge is 0.412 e. The molecule has 0 aromatic rings. The summed E-state index contributed by atoms with van der Waals surface area (Å²) in [5, 5.41) is 0. The summed E-state index contributed by atoms with van der Waals surface area (Å²) in [6.07, 6.45) is 2.20. The van der Waals surface area contributed by atoms with E-state index in [0.717, 1.165) is 23.9 Å². The second-order valence-corrected chi connectivity index (χ2v) is 5.75. The highest BCUT2D eigenvalue weighted by atomic mass is 16.6. The van der Waals surface area contributed by atoms with Gasteiger partial charge < -0.3 is 4.74 Å². The van der Waals surface area contributed by atoms with Crippen LogP contribution in [0.1, 0.15) is 33.6 Å². The van der Waals surface area contributed by atoms with Crippen molar-refractivity contribution in [2.45, 2.75) is 39.8 Å². The van der Waals surface area contributed by atoms with Gasteiger partial charge in [0.05, 0.1) is 26.1 Å². The minimum absolute atomic E-state index is 0.0572. The van der Waals surface area contributed by atoms with Gasteiger partial charge in [-0.2, -0.15) is 0 Å². The summed E-state index contributed by atoms with van der Waals surface area (Å²) in [6.45, 7) is 6.78. The van der Waals surface area contributed by atoms with E-state index >= 15 is 0 Å². The fourth-order valence-corrected chi connectivity index (χ4v) is 1.67. The molecular weight excluding hydrogens is 178 g/mol. The Hall–Kier alpha value is -0.570. The maximum Gasteiger partial charge on any atom is 0.315 e. The van der Waals surface area contributed by atoms with E-state index in [0.29, 0.717) is 0 Å². The minimum Gasteiger partial charge on any atom is -0.412 e. The molecule has 0 bridgehead atoms. The molecule has 1 saturated heterocycles. The fraction of sp³-hybridized carbons (Fsp3) is 0.909. The first kappa shape index (κ1) is 11.5. The number of ether oxygens (including phenoxy) is 1. The van der Waals surface area contributed by atoms with Crippen molar-refractivity contribution in [1.82, 2.24) is 0 Å². The van der Waals surface area contributed by atoms with Gasteiger partial charge in [-0.05, 0) is 20.8 Å². The monoisotopic (exact) mass is 200 g/mol. The Kier molecular flexibility index (Phi) is 2.91. The zero-order valence-corrected chi connectivity index (χ0v) is 9.96. The smallest absolute Gasteiger partial charge is 0.315 e. The average Bonchev–Trinajstić information content (AvgIpc) is 2.29. The molecule has 82 valence electrons. The lowest BCUT2D eigenvalue weighted by Crippen LogP contribution is -2.47. The molecule has 0 aromatic heterocycles. The highest BCUT2D eigenvalue weighted by Gasteiger charge is 2.39. The molecule has 1 aliphatic rings. The first-order valence-electron chi connectivity index (χ1n) is 5.27. The van der Waals surface area contributed by atoms with Crippen molar-refractivity contribution in [1.29, 1.82) is 0 Å². The van der Waals surface area contributed by atoms with Gasteiger partial charge in [0.25, 0.3) is 0 Å². The van der Waals surface area contributed by atoms with Crippen LogP contribution in [-0.4, -0.2) is 37.3 Å². The molecule has 0 aliphatic carbocycles. The molecule has 14 heavy (non-hydrogen) atoms. The maximum absolute atomic E-state index is 11.7. The van der Waals surface area contributed by atoms with Crippen LogP contribution in [0.2, 0.25) is 0 Å². The van der Waals surface area contributed by atoms with Crippen LogP contribution < -0.4 is 0 Å². The predicted octanol–water partition coefficient (Wildman–Crippen LogP) is 1.77. The van der Waals surface area contributed by atoms with Gasteiger partial charge in [0, 0.05) is 12.8 Å². The number of esters is 1. The third-order valence-electron chi connectivity index (χ3n) is 2.82. The van der Waals surface area contributed by atoms with E-state index in [1.165, 1.54) is 0 Å². The van der Waals surface area contributed by atoms with Crippen LogP contribution in [0.5, 0.6) is 0 Å². The minimum atomic E-state index is -0.386. The normalized spacial score (nSPS) is 26.2. The Morgan fingerprint density at radius 3 is 2.29 bits per heavy atom. The van der Waals surface area contributed by atoms with Crippen LogP contribution in [0.4, 0.5) is 0 Å². The number of rotatable bonds is 1. The topological polar surface area (TPSA) is 26.3 Å². The Balaban J connectivity index is 2.57. The van der Waals surface area contributed by atoms with E-state index in [9.17, 15) is 4.79 Å². The van der Waals surface area contributed by atoms with Gasteiger partial charge in [0.15, 0.2) is 0 Å². The van der Waals surface area contributed by atoms with Crippen molar-refractivity contribution in [2.75, 3.05) is 20.6 Å². The highest BCUT2D eigenvalue weighted by Crippen LogP contribution is 2.26. The highest BCUT2D eigenvalue weighted by molar-refractivity contribution is 5.75. The molecular formula is C11H22NO2+. The van der Waals surface area contributed by atoms with E-state index in [1.54, 1.807) is 0 Å². The summed E-state index contributed by atoms with van der Waals surface area (Å²) in [5.41, 5.74) is -0.386. The van der Waals surface area contributed by atoms with Gasteiger partial charge >= 0.3 is 5.97 Å². The Bertz CT molecular complexity index is 228. The summed E-state index contributed by atoms with van der Waals surface area (Å²) in [4.78, 5) is 11.7. The van der Waals surface area contributed by atoms with Crippen LogP contribution in [0.15, 0.2) is 0 Å². The molecule has 0 spiro atoms. The lowest BCUT2D eigenvalue weighted by Gasteiger charge is -2.32. The van der Waals surface area contributed by atoms with E-state index in [4.69, 9.17) is 4.74 Å². The quantitative estimate of drug-likeness (QED) is 0.476. The number of quaternary nitrogens is 1. The lowest BCUT2D eigenvalue weighted by molar-refractivity contribution is -0.921.